The maximum absolute atomic E-state index is 10.9. The van der Waals surface area contributed by atoms with Crippen LogP contribution >= 0.6 is 0 Å². The molecule has 0 aromatic rings. The highest BCUT2D eigenvalue weighted by Gasteiger charge is 2.36. The lowest BCUT2D eigenvalue weighted by Crippen LogP contribution is -2.29. The molecular weight excluding hydrogens is 156 g/mol. The van der Waals surface area contributed by atoms with Crippen LogP contribution in [-0.2, 0) is 9.53 Å². The number of carboxylic acids is 1. The van der Waals surface area contributed by atoms with E-state index in [-0.39, 0.29) is 0 Å². The summed E-state index contributed by atoms with van der Waals surface area (Å²) in [4.78, 5) is 10.9. The standard InChI is InChI=1S/C9H12O3/c1-9(8(10)11)6-4-3-5-7(9)12-2/h4-6H,3H2,1-2H3,(H,10,11)/t9-/m1/s1. The van der Waals surface area contributed by atoms with Crippen molar-refractivity contribution in [2.45, 2.75) is 13.3 Å². The zero-order valence-electron chi connectivity index (χ0n) is 7.20. The molecule has 3 heteroatoms. The van der Waals surface area contributed by atoms with Crippen LogP contribution in [0.5, 0.6) is 0 Å². The maximum Gasteiger partial charge on any atom is 0.320 e. The molecule has 0 heterocycles. The second-order valence-corrected chi connectivity index (χ2v) is 2.92. The van der Waals surface area contributed by atoms with E-state index in [0.29, 0.717) is 5.76 Å². The van der Waals surface area contributed by atoms with Crippen molar-refractivity contribution in [3.8, 4) is 0 Å². The average Bonchev–Trinajstić information content (AvgIpc) is 2.05. The predicted octanol–water partition coefficient (Wildman–Crippen LogP) is 1.57. The van der Waals surface area contributed by atoms with Crippen molar-refractivity contribution in [1.82, 2.24) is 0 Å². The van der Waals surface area contributed by atoms with Crippen LogP contribution in [-0.4, -0.2) is 18.2 Å². The molecule has 0 radical (unpaired) electrons. The van der Waals surface area contributed by atoms with E-state index >= 15 is 0 Å². The molecular formula is C9H12O3. The summed E-state index contributed by atoms with van der Waals surface area (Å²) < 4.78 is 5.00. The smallest absolute Gasteiger partial charge is 0.320 e. The molecule has 0 aromatic heterocycles. The summed E-state index contributed by atoms with van der Waals surface area (Å²) in [6.45, 7) is 1.63. The molecule has 0 bridgehead atoms. The Balaban J connectivity index is 3.00. The number of carboxylic acid groups (broad SMARTS) is 1. The SMILES string of the molecule is COC1=CCC=C[C@@]1(C)C(=O)O. The second kappa shape index (κ2) is 3.01. The van der Waals surface area contributed by atoms with E-state index in [1.54, 1.807) is 19.1 Å². The Kier molecular flexibility index (Phi) is 2.22. The molecule has 0 saturated heterocycles. The van der Waals surface area contributed by atoms with Crippen LogP contribution in [0.1, 0.15) is 13.3 Å². The van der Waals surface area contributed by atoms with Gasteiger partial charge in [0.05, 0.1) is 7.11 Å². The zero-order valence-corrected chi connectivity index (χ0v) is 7.20. The fourth-order valence-corrected chi connectivity index (χ4v) is 1.25. The Hall–Kier alpha value is -1.25. The van der Waals surface area contributed by atoms with Gasteiger partial charge in [-0.15, -0.1) is 0 Å². The number of carbonyl (C=O) groups is 1. The van der Waals surface area contributed by atoms with Crippen LogP contribution in [0.2, 0.25) is 0 Å². The highest BCUT2D eigenvalue weighted by atomic mass is 16.5. The fourth-order valence-electron chi connectivity index (χ4n) is 1.25. The molecule has 1 atom stereocenters. The highest BCUT2D eigenvalue weighted by Crippen LogP contribution is 2.32. The summed E-state index contributed by atoms with van der Waals surface area (Å²) in [5.41, 5.74) is -0.979. The minimum atomic E-state index is -0.979. The van der Waals surface area contributed by atoms with Crippen molar-refractivity contribution in [2.24, 2.45) is 5.41 Å². The monoisotopic (exact) mass is 168 g/mol. The van der Waals surface area contributed by atoms with E-state index in [1.165, 1.54) is 7.11 Å². The topological polar surface area (TPSA) is 46.5 Å². The summed E-state index contributed by atoms with van der Waals surface area (Å²) in [5, 5.41) is 8.93. The lowest BCUT2D eigenvalue weighted by atomic mass is 9.84. The number of rotatable bonds is 2. The van der Waals surface area contributed by atoms with Gasteiger partial charge in [0.25, 0.3) is 0 Å². The normalized spacial score (nSPS) is 28.0. The van der Waals surface area contributed by atoms with Gasteiger partial charge in [-0.1, -0.05) is 12.2 Å². The molecule has 0 aliphatic heterocycles. The minimum Gasteiger partial charge on any atom is -0.500 e. The number of aliphatic carboxylic acids is 1. The van der Waals surface area contributed by atoms with Gasteiger partial charge in [-0.2, -0.15) is 0 Å². The molecule has 0 spiro atoms. The van der Waals surface area contributed by atoms with Crippen molar-refractivity contribution < 1.29 is 14.6 Å². The van der Waals surface area contributed by atoms with E-state index in [1.807, 2.05) is 6.08 Å². The molecule has 0 fully saturated rings. The molecule has 3 nitrogen and oxygen atoms in total. The molecule has 0 unspecified atom stereocenters. The lowest BCUT2D eigenvalue weighted by Gasteiger charge is -2.25. The summed E-state index contributed by atoms with van der Waals surface area (Å²) in [6, 6.07) is 0. The van der Waals surface area contributed by atoms with Crippen LogP contribution in [0.3, 0.4) is 0 Å². The first-order valence-corrected chi connectivity index (χ1v) is 3.77. The average molecular weight is 168 g/mol. The van der Waals surface area contributed by atoms with Gasteiger partial charge in [-0.3, -0.25) is 4.79 Å². The maximum atomic E-state index is 10.9. The zero-order chi connectivity index (χ0) is 9.19. The van der Waals surface area contributed by atoms with Crippen molar-refractivity contribution in [3.05, 3.63) is 24.0 Å². The van der Waals surface area contributed by atoms with E-state index in [9.17, 15) is 4.79 Å². The quantitative estimate of drug-likeness (QED) is 0.636. The summed E-state index contributed by atoms with van der Waals surface area (Å²) in [7, 11) is 1.49. The largest absolute Gasteiger partial charge is 0.500 e. The van der Waals surface area contributed by atoms with E-state index in [2.05, 4.69) is 0 Å². The molecule has 1 aliphatic rings. The highest BCUT2D eigenvalue weighted by molar-refractivity contribution is 5.80. The molecule has 0 saturated carbocycles. The Morgan fingerprint density at radius 1 is 1.75 bits per heavy atom. The summed E-state index contributed by atoms with van der Waals surface area (Å²) >= 11 is 0. The van der Waals surface area contributed by atoms with Gasteiger partial charge in [0.2, 0.25) is 0 Å². The Labute approximate surface area is 71.3 Å². The minimum absolute atomic E-state index is 0.512. The van der Waals surface area contributed by atoms with Crippen molar-refractivity contribution >= 4 is 5.97 Å². The number of hydrogen-bond donors (Lipinski definition) is 1. The van der Waals surface area contributed by atoms with Gasteiger partial charge in [-0.05, 0) is 19.4 Å². The molecule has 1 N–H and O–H groups in total. The Morgan fingerprint density at radius 2 is 2.42 bits per heavy atom. The number of ether oxygens (including phenoxy) is 1. The third-order valence-electron chi connectivity index (χ3n) is 2.07. The van der Waals surface area contributed by atoms with Crippen molar-refractivity contribution in [1.29, 1.82) is 0 Å². The fraction of sp³-hybridized carbons (Fsp3) is 0.444. The van der Waals surface area contributed by atoms with Gasteiger partial charge < -0.3 is 9.84 Å². The Morgan fingerprint density at radius 3 is 2.83 bits per heavy atom. The third-order valence-corrected chi connectivity index (χ3v) is 2.07. The first-order valence-electron chi connectivity index (χ1n) is 3.77. The summed E-state index contributed by atoms with van der Waals surface area (Å²) in [5.74, 6) is -0.371. The van der Waals surface area contributed by atoms with Crippen molar-refractivity contribution in [2.75, 3.05) is 7.11 Å². The van der Waals surface area contributed by atoms with Gasteiger partial charge in [0, 0.05) is 0 Å². The number of methoxy groups -OCH3 is 1. The Bertz CT molecular complexity index is 252. The third kappa shape index (κ3) is 1.22. The number of allylic oxidation sites excluding steroid dienone is 2. The molecule has 12 heavy (non-hydrogen) atoms. The van der Waals surface area contributed by atoms with Crippen LogP contribution < -0.4 is 0 Å². The van der Waals surface area contributed by atoms with Crippen molar-refractivity contribution in [3.63, 3.8) is 0 Å². The lowest BCUT2D eigenvalue weighted by molar-refractivity contribution is -0.144. The van der Waals surface area contributed by atoms with E-state index in [4.69, 9.17) is 9.84 Å². The van der Waals surface area contributed by atoms with Crippen LogP contribution in [0.4, 0.5) is 0 Å². The molecule has 66 valence electrons. The van der Waals surface area contributed by atoms with Gasteiger partial charge >= 0.3 is 5.97 Å². The summed E-state index contributed by atoms with van der Waals surface area (Å²) in [6.07, 6.45) is 6.02. The van der Waals surface area contributed by atoms with E-state index < -0.39 is 11.4 Å². The van der Waals surface area contributed by atoms with Crippen LogP contribution in [0, 0.1) is 5.41 Å². The van der Waals surface area contributed by atoms with Crippen LogP contribution in [0.25, 0.3) is 0 Å². The molecule has 0 amide bonds. The van der Waals surface area contributed by atoms with Gasteiger partial charge in [-0.25, -0.2) is 0 Å². The molecule has 0 aromatic carbocycles. The number of hydrogen-bond acceptors (Lipinski definition) is 2. The first-order chi connectivity index (χ1) is 5.61. The van der Waals surface area contributed by atoms with Crippen LogP contribution in [0.15, 0.2) is 24.0 Å². The molecule has 1 rings (SSSR count). The van der Waals surface area contributed by atoms with Gasteiger partial charge in [0.1, 0.15) is 11.2 Å². The van der Waals surface area contributed by atoms with E-state index in [0.717, 1.165) is 6.42 Å². The predicted molar refractivity (Wildman–Crippen MR) is 44.6 cm³/mol. The van der Waals surface area contributed by atoms with Gasteiger partial charge in [0.15, 0.2) is 0 Å². The second-order valence-electron chi connectivity index (χ2n) is 2.92. The first kappa shape index (κ1) is 8.84. The molecule has 1 aliphatic carbocycles.